The molecule has 130 valence electrons. The number of likely N-dealkylation sites (tertiary alicyclic amines) is 1. The van der Waals surface area contributed by atoms with Crippen molar-refractivity contribution >= 4 is 17.7 Å². The van der Waals surface area contributed by atoms with Gasteiger partial charge in [-0.15, -0.1) is 0 Å². The third-order valence-electron chi connectivity index (χ3n) is 3.58. The van der Waals surface area contributed by atoms with E-state index in [0.29, 0.717) is 6.07 Å². The van der Waals surface area contributed by atoms with E-state index < -0.39 is 35.0 Å². The zero-order chi connectivity index (χ0) is 18.1. The molecule has 1 unspecified atom stereocenters. The molecule has 0 aliphatic carbocycles. The fourth-order valence-electron chi connectivity index (χ4n) is 2.43. The van der Waals surface area contributed by atoms with Crippen LogP contribution in [0.15, 0.2) is 18.2 Å². The number of benzene rings is 1. The minimum absolute atomic E-state index is 0.0154. The van der Waals surface area contributed by atoms with Crippen molar-refractivity contribution in [1.82, 2.24) is 4.90 Å². The van der Waals surface area contributed by atoms with Crippen LogP contribution >= 0.6 is 0 Å². The van der Waals surface area contributed by atoms with Crippen molar-refractivity contribution < 1.29 is 27.9 Å². The van der Waals surface area contributed by atoms with Gasteiger partial charge in [0.05, 0.1) is 11.5 Å². The van der Waals surface area contributed by atoms with Crippen molar-refractivity contribution in [2.45, 2.75) is 32.8 Å². The average Bonchev–Trinajstić information content (AvgIpc) is 2.45. The quantitative estimate of drug-likeness (QED) is 0.614. The number of amides is 1. The molecule has 1 aromatic rings. The van der Waals surface area contributed by atoms with E-state index in [9.17, 15) is 23.2 Å². The van der Waals surface area contributed by atoms with Gasteiger partial charge in [-0.1, -0.05) is 0 Å². The van der Waals surface area contributed by atoms with E-state index in [1.165, 1.54) is 4.90 Å². The van der Waals surface area contributed by atoms with Crippen molar-refractivity contribution in [3.8, 4) is 0 Å². The van der Waals surface area contributed by atoms with Crippen LogP contribution in [0.3, 0.4) is 0 Å². The summed E-state index contributed by atoms with van der Waals surface area (Å²) < 4.78 is 32.0. The van der Waals surface area contributed by atoms with Crippen LogP contribution in [0.5, 0.6) is 0 Å². The summed E-state index contributed by atoms with van der Waals surface area (Å²) in [6, 6.07) is 2.55. The Morgan fingerprint density at radius 2 is 1.92 bits per heavy atom. The summed E-state index contributed by atoms with van der Waals surface area (Å²) in [5.74, 6) is -4.14. The van der Waals surface area contributed by atoms with Gasteiger partial charge in [0.25, 0.3) is 0 Å². The van der Waals surface area contributed by atoms with Crippen LogP contribution in [-0.4, -0.2) is 41.3 Å². The van der Waals surface area contributed by atoms with Gasteiger partial charge in [-0.2, -0.15) is 0 Å². The van der Waals surface area contributed by atoms with Crippen molar-refractivity contribution in [2.24, 2.45) is 5.92 Å². The highest BCUT2D eigenvalue weighted by atomic mass is 19.1. The summed E-state index contributed by atoms with van der Waals surface area (Å²) in [5.41, 5.74) is -1.07. The van der Waals surface area contributed by atoms with Crippen LogP contribution in [0.25, 0.3) is 0 Å². The maximum Gasteiger partial charge on any atom is 0.410 e. The molecular formula is C17H19F2NO4. The Kier molecular flexibility index (Phi) is 5.01. The summed E-state index contributed by atoms with van der Waals surface area (Å²) >= 11 is 0. The first-order valence-corrected chi connectivity index (χ1v) is 7.58. The summed E-state index contributed by atoms with van der Waals surface area (Å²) in [6.07, 6.45) is -0.647. The number of piperidine rings is 1. The number of carbonyl (C=O) groups is 3. The normalized spacial score (nSPS) is 18.5. The largest absolute Gasteiger partial charge is 0.444 e. The lowest BCUT2D eigenvalue weighted by Crippen LogP contribution is -2.48. The molecule has 1 aromatic carbocycles. The number of rotatable bonds is 2. The van der Waals surface area contributed by atoms with Gasteiger partial charge in [-0.05, 0) is 32.9 Å². The number of ketones is 2. The van der Waals surface area contributed by atoms with Crippen molar-refractivity contribution in [3.63, 3.8) is 0 Å². The van der Waals surface area contributed by atoms with Crippen LogP contribution in [-0.2, 0) is 9.53 Å². The maximum absolute atomic E-state index is 13.8. The molecule has 5 nitrogen and oxygen atoms in total. The first-order valence-electron chi connectivity index (χ1n) is 7.58. The lowest BCUT2D eigenvalue weighted by Gasteiger charge is -2.32. The topological polar surface area (TPSA) is 63.7 Å². The Morgan fingerprint density at radius 1 is 1.25 bits per heavy atom. The van der Waals surface area contributed by atoms with Gasteiger partial charge in [0.15, 0.2) is 5.78 Å². The van der Waals surface area contributed by atoms with E-state index in [0.717, 1.165) is 12.1 Å². The number of ether oxygens (including phenoxy) is 1. The Morgan fingerprint density at radius 3 is 2.50 bits per heavy atom. The Labute approximate surface area is 138 Å². The first-order chi connectivity index (χ1) is 11.1. The minimum atomic E-state index is -1.17. The molecule has 0 saturated carbocycles. The highest BCUT2D eigenvalue weighted by molar-refractivity contribution is 6.11. The number of hydrogen-bond donors (Lipinski definition) is 0. The molecule has 1 aliphatic rings. The van der Waals surface area contributed by atoms with Crippen molar-refractivity contribution in [2.75, 3.05) is 13.1 Å². The molecule has 1 fully saturated rings. The Balaban J connectivity index is 2.17. The molecule has 1 aliphatic heterocycles. The van der Waals surface area contributed by atoms with E-state index in [1.807, 2.05) is 0 Å². The van der Waals surface area contributed by atoms with Crippen LogP contribution in [0.2, 0.25) is 0 Å². The third-order valence-corrected chi connectivity index (χ3v) is 3.58. The van der Waals surface area contributed by atoms with Crippen molar-refractivity contribution in [1.29, 1.82) is 0 Å². The molecular weight excluding hydrogens is 320 g/mol. The summed E-state index contributed by atoms with van der Waals surface area (Å²) in [6.45, 7) is 5.08. The molecule has 7 heteroatoms. The van der Waals surface area contributed by atoms with Crippen LogP contribution < -0.4 is 0 Å². The molecule has 0 spiro atoms. The predicted molar refractivity (Wildman–Crippen MR) is 81.6 cm³/mol. The van der Waals surface area contributed by atoms with Gasteiger partial charge in [0.1, 0.15) is 23.0 Å². The smallest absolute Gasteiger partial charge is 0.410 e. The van der Waals surface area contributed by atoms with E-state index in [2.05, 4.69) is 0 Å². The molecule has 0 aromatic heterocycles. The third kappa shape index (κ3) is 4.15. The van der Waals surface area contributed by atoms with Gasteiger partial charge in [-0.25, -0.2) is 13.6 Å². The van der Waals surface area contributed by atoms with E-state index in [4.69, 9.17) is 4.74 Å². The monoisotopic (exact) mass is 339 g/mol. The number of nitrogens with zero attached hydrogens (tertiary/aromatic N) is 1. The van der Waals surface area contributed by atoms with E-state index in [1.54, 1.807) is 20.8 Å². The molecule has 0 bridgehead atoms. The fraction of sp³-hybridized carbons (Fsp3) is 0.471. The van der Waals surface area contributed by atoms with Gasteiger partial charge in [0.2, 0.25) is 0 Å². The standard InChI is InChI=1S/C17H19F2NO4/c1-17(2,3)24-16(23)20-7-6-14(21)12(9-20)15(22)11-5-4-10(18)8-13(11)19/h4-5,8,12H,6-7,9H2,1-3H3. The van der Waals surface area contributed by atoms with E-state index in [-0.39, 0.29) is 30.9 Å². The highest BCUT2D eigenvalue weighted by Crippen LogP contribution is 2.22. The zero-order valence-electron chi connectivity index (χ0n) is 13.8. The average molecular weight is 339 g/mol. The van der Waals surface area contributed by atoms with E-state index >= 15 is 0 Å². The summed E-state index contributed by atoms with van der Waals surface area (Å²) in [7, 11) is 0. The SMILES string of the molecule is CC(C)(C)OC(=O)N1CCC(=O)C(C(=O)c2ccc(F)cc2F)C1. The van der Waals surface area contributed by atoms with Gasteiger partial charge < -0.3 is 9.64 Å². The molecule has 24 heavy (non-hydrogen) atoms. The minimum Gasteiger partial charge on any atom is -0.444 e. The first kappa shape index (κ1) is 18.0. The zero-order valence-corrected chi connectivity index (χ0v) is 13.8. The lowest BCUT2D eigenvalue weighted by molar-refractivity contribution is -0.124. The number of Topliss-reactive ketones (excluding diaryl/α,β-unsaturated/α-hetero) is 2. The Hall–Kier alpha value is -2.31. The van der Waals surface area contributed by atoms with Gasteiger partial charge in [-0.3, -0.25) is 9.59 Å². The fourth-order valence-corrected chi connectivity index (χ4v) is 2.43. The molecule has 1 amide bonds. The molecule has 0 N–H and O–H groups in total. The predicted octanol–water partition coefficient (Wildman–Crippen LogP) is 2.97. The molecule has 2 rings (SSSR count). The molecule has 1 saturated heterocycles. The van der Waals surface area contributed by atoms with Crippen LogP contribution in [0, 0.1) is 17.6 Å². The van der Waals surface area contributed by atoms with Gasteiger partial charge in [0, 0.05) is 25.6 Å². The number of carbonyl (C=O) groups excluding carboxylic acids is 3. The number of halogens is 2. The van der Waals surface area contributed by atoms with Crippen LogP contribution in [0.4, 0.5) is 13.6 Å². The molecule has 0 radical (unpaired) electrons. The van der Waals surface area contributed by atoms with Crippen LogP contribution in [0.1, 0.15) is 37.6 Å². The van der Waals surface area contributed by atoms with Gasteiger partial charge >= 0.3 is 6.09 Å². The summed E-state index contributed by atoms with van der Waals surface area (Å²) in [5, 5.41) is 0. The molecule has 1 atom stereocenters. The highest BCUT2D eigenvalue weighted by Gasteiger charge is 2.37. The second-order valence-corrected chi connectivity index (χ2v) is 6.68. The maximum atomic E-state index is 13.8. The molecule has 1 heterocycles. The number of hydrogen-bond acceptors (Lipinski definition) is 4. The second kappa shape index (κ2) is 6.67. The second-order valence-electron chi connectivity index (χ2n) is 6.68. The lowest BCUT2D eigenvalue weighted by atomic mass is 9.88. The Bertz CT molecular complexity index is 682. The summed E-state index contributed by atoms with van der Waals surface area (Å²) in [4.78, 5) is 37.8. The van der Waals surface area contributed by atoms with Crippen molar-refractivity contribution in [3.05, 3.63) is 35.4 Å².